The van der Waals surface area contributed by atoms with Crippen LogP contribution in [-0.2, 0) is 17.1 Å². The van der Waals surface area contributed by atoms with E-state index >= 15 is 0 Å². The molecule has 178 valence electrons. The molecule has 34 heavy (non-hydrogen) atoms. The van der Waals surface area contributed by atoms with E-state index in [2.05, 4.69) is 16.0 Å². The van der Waals surface area contributed by atoms with E-state index < -0.39 is 16.1 Å². The lowest BCUT2D eigenvalue weighted by Gasteiger charge is -2.39. The van der Waals surface area contributed by atoms with Crippen molar-refractivity contribution in [2.75, 3.05) is 32.4 Å². The minimum absolute atomic E-state index is 0.155. The molecule has 1 aliphatic carbocycles. The van der Waals surface area contributed by atoms with E-state index in [9.17, 15) is 8.42 Å². The van der Waals surface area contributed by atoms with E-state index in [1.807, 2.05) is 41.9 Å². The fraction of sp³-hybridized carbons (Fsp3) is 0.333. The zero-order chi connectivity index (χ0) is 24.0. The molecule has 0 bridgehead atoms. The molecule has 10 heteroatoms. The zero-order valence-electron chi connectivity index (χ0n) is 19.1. The molecule has 0 saturated carbocycles. The lowest BCUT2D eigenvalue weighted by molar-refractivity contribution is 0.154. The van der Waals surface area contributed by atoms with Crippen LogP contribution in [0.4, 0.5) is 0 Å². The van der Waals surface area contributed by atoms with Crippen molar-refractivity contribution in [2.45, 2.75) is 12.1 Å². The van der Waals surface area contributed by atoms with Crippen molar-refractivity contribution in [3.8, 4) is 0 Å². The first-order valence-corrected chi connectivity index (χ1v) is 13.3. The number of piperazine rings is 1. The second-order valence-electron chi connectivity index (χ2n) is 8.82. The Bertz CT molecular complexity index is 1360. The first-order chi connectivity index (χ1) is 16.2. The number of benzene rings is 1. The molecule has 0 amide bonds. The molecule has 0 radical (unpaired) electrons. The van der Waals surface area contributed by atoms with Gasteiger partial charge < -0.3 is 10.3 Å². The van der Waals surface area contributed by atoms with Gasteiger partial charge in [0.25, 0.3) is 0 Å². The highest BCUT2D eigenvalue weighted by Crippen LogP contribution is 2.43. The summed E-state index contributed by atoms with van der Waals surface area (Å²) in [5, 5.41) is 0.626. The molecule has 5 rings (SSSR count). The number of imidazole rings is 1. The van der Waals surface area contributed by atoms with Crippen LogP contribution in [0.25, 0.3) is 11.6 Å². The van der Waals surface area contributed by atoms with Gasteiger partial charge in [-0.2, -0.15) is 4.31 Å². The Labute approximate surface area is 204 Å². The Morgan fingerprint density at radius 1 is 1.18 bits per heavy atom. The van der Waals surface area contributed by atoms with Crippen LogP contribution in [0.1, 0.15) is 40.2 Å². The van der Waals surface area contributed by atoms with Crippen LogP contribution in [0.5, 0.6) is 0 Å². The lowest BCUT2D eigenvalue weighted by Crippen LogP contribution is -2.49. The second kappa shape index (κ2) is 8.90. The summed E-state index contributed by atoms with van der Waals surface area (Å²) in [7, 11) is -1.30. The number of nitrogens with zero attached hydrogens (tertiary/aromatic N) is 5. The van der Waals surface area contributed by atoms with E-state index in [0.717, 1.165) is 33.7 Å². The Kier molecular flexibility index (Phi) is 6.07. The Morgan fingerprint density at radius 2 is 1.94 bits per heavy atom. The average molecular weight is 499 g/mol. The summed E-state index contributed by atoms with van der Waals surface area (Å²) >= 11 is 6.48. The van der Waals surface area contributed by atoms with Gasteiger partial charge in [0, 0.05) is 44.4 Å². The third-order valence-corrected chi connectivity index (χ3v) is 8.22. The van der Waals surface area contributed by atoms with Crippen LogP contribution in [0.15, 0.2) is 49.1 Å². The Balaban J connectivity index is 1.64. The molecular weight excluding hydrogens is 472 g/mol. The van der Waals surface area contributed by atoms with Gasteiger partial charge in [0.15, 0.2) is 0 Å². The van der Waals surface area contributed by atoms with Crippen molar-refractivity contribution in [3.05, 3.63) is 82.2 Å². The fourth-order valence-electron chi connectivity index (χ4n) is 4.94. The van der Waals surface area contributed by atoms with Gasteiger partial charge in [0.2, 0.25) is 10.0 Å². The van der Waals surface area contributed by atoms with E-state index in [1.54, 1.807) is 18.7 Å². The standard InChI is InChI=1S/C24H27ClN6O2S/c1-29-15-27-14-21(29)22(26)20-12-16-4-3-7-28-23(16)24(18-6-5-17(25)13-19(18)20)30-8-10-31(11-9-30)34(2,32)33/h3-7,12-15,22,24H,8-11,26H2,1-2H3/t22?,24-/m0/s1. The number of aryl methyl sites for hydroxylation is 1. The Morgan fingerprint density at radius 3 is 2.62 bits per heavy atom. The summed E-state index contributed by atoms with van der Waals surface area (Å²) < 4.78 is 27.6. The van der Waals surface area contributed by atoms with Gasteiger partial charge in [-0.05, 0) is 46.5 Å². The van der Waals surface area contributed by atoms with Crippen molar-refractivity contribution in [3.63, 3.8) is 0 Å². The number of aromatic nitrogens is 3. The molecule has 1 aromatic carbocycles. The molecule has 2 atom stereocenters. The number of halogens is 1. The van der Waals surface area contributed by atoms with Gasteiger partial charge in [-0.15, -0.1) is 0 Å². The predicted octanol–water partition coefficient (Wildman–Crippen LogP) is 2.69. The third kappa shape index (κ3) is 4.18. The fourth-order valence-corrected chi connectivity index (χ4v) is 5.94. The Hall–Kier alpha value is -2.56. The first kappa shape index (κ1) is 23.2. The van der Waals surface area contributed by atoms with Crippen molar-refractivity contribution < 1.29 is 8.42 Å². The number of rotatable bonds is 4. The molecule has 2 aliphatic rings. The van der Waals surface area contributed by atoms with Crippen molar-refractivity contribution in [1.82, 2.24) is 23.7 Å². The average Bonchev–Trinajstić information content (AvgIpc) is 3.18. The molecular formula is C24H27ClN6O2S. The number of fused-ring (bicyclic) bond motifs is 2. The summed E-state index contributed by atoms with van der Waals surface area (Å²) in [6.45, 7) is 2.07. The van der Waals surface area contributed by atoms with Gasteiger partial charge in [0.1, 0.15) is 0 Å². The van der Waals surface area contributed by atoms with Crippen molar-refractivity contribution in [1.29, 1.82) is 0 Å². The lowest BCUT2D eigenvalue weighted by atomic mass is 9.90. The second-order valence-corrected chi connectivity index (χ2v) is 11.2. The van der Waals surface area contributed by atoms with Gasteiger partial charge in [-0.1, -0.05) is 23.7 Å². The van der Waals surface area contributed by atoms with E-state index in [0.29, 0.717) is 31.2 Å². The monoisotopic (exact) mass is 498 g/mol. The molecule has 1 unspecified atom stereocenters. The van der Waals surface area contributed by atoms with Crippen molar-refractivity contribution in [2.24, 2.45) is 12.8 Å². The number of pyridine rings is 1. The maximum absolute atomic E-state index is 12.1. The molecule has 2 aromatic heterocycles. The van der Waals surface area contributed by atoms with E-state index in [1.165, 1.54) is 10.6 Å². The molecule has 2 N–H and O–H groups in total. The maximum atomic E-state index is 12.1. The summed E-state index contributed by atoms with van der Waals surface area (Å²) in [5.41, 5.74) is 12.6. The normalized spacial score (nSPS) is 20.2. The van der Waals surface area contributed by atoms with Gasteiger partial charge in [-0.25, -0.2) is 13.4 Å². The van der Waals surface area contributed by atoms with Crippen LogP contribution in [0.3, 0.4) is 0 Å². The van der Waals surface area contributed by atoms with Gasteiger partial charge >= 0.3 is 0 Å². The van der Waals surface area contributed by atoms with Crippen molar-refractivity contribution >= 4 is 33.3 Å². The van der Waals surface area contributed by atoms with Crippen LogP contribution in [0.2, 0.25) is 5.02 Å². The van der Waals surface area contributed by atoms with Gasteiger partial charge in [-0.3, -0.25) is 9.88 Å². The summed E-state index contributed by atoms with van der Waals surface area (Å²) in [4.78, 5) is 11.3. The van der Waals surface area contributed by atoms with Crippen LogP contribution in [0, 0.1) is 0 Å². The summed E-state index contributed by atoms with van der Waals surface area (Å²) in [5.74, 6) is 0. The number of hydrogen-bond donors (Lipinski definition) is 1. The SMILES string of the molecule is Cn1cncc1C(N)C1=Cc2cccnc2[C@@H](N2CCN(S(C)(=O)=O)CC2)c2ccc(Cl)cc21. The van der Waals surface area contributed by atoms with E-state index in [-0.39, 0.29) is 6.04 Å². The summed E-state index contributed by atoms with van der Waals surface area (Å²) in [6, 6.07) is 9.29. The summed E-state index contributed by atoms with van der Waals surface area (Å²) in [6.07, 6.45) is 8.69. The molecule has 3 heterocycles. The molecule has 8 nitrogen and oxygen atoms in total. The highest BCUT2D eigenvalue weighted by atomic mass is 35.5. The third-order valence-electron chi connectivity index (χ3n) is 6.68. The minimum Gasteiger partial charge on any atom is -0.336 e. The molecule has 1 saturated heterocycles. The minimum atomic E-state index is -3.22. The van der Waals surface area contributed by atoms with Crippen LogP contribution >= 0.6 is 11.6 Å². The zero-order valence-corrected chi connectivity index (χ0v) is 20.7. The molecule has 1 fully saturated rings. The predicted molar refractivity (Wildman–Crippen MR) is 134 cm³/mol. The largest absolute Gasteiger partial charge is 0.336 e. The quantitative estimate of drug-likeness (QED) is 0.594. The molecule has 1 aliphatic heterocycles. The first-order valence-electron chi connectivity index (χ1n) is 11.1. The van der Waals surface area contributed by atoms with Crippen LogP contribution in [-0.4, -0.2) is 64.6 Å². The molecule has 0 spiro atoms. The molecule has 3 aromatic rings. The number of sulfonamides is 1. The maximum Gasteiger partial charge on any atom is 0.211 e. The number of nitrogens with two attached hydrogens (primary N) is 1. The highest BCUT2D eigenvalue weighted by molar-refractivity contribution is 7.88. The van der Waals surface area contributed by atoms with Gasteiger partial charge in [0.05, 0.1) is 42.3 Å². The number of hydrogen-bond acceptors (Lipinski definition) is 6. The van der Waals surface area contributed by atoms with Crippen LogP contribution < -0.4 is 5.73 Å². The topological polar surface area (TPSA) is 97.3 Å². The van der Waals surface area contributed by atoms with E-state index in [4.69, 9.17) is 22.3 Å². The smallest absolute Gasteiger partial charge is 0.211 e. The highest BCUT2D eigenvalue weighted by Gasteiger charge is 2.35.